The first kappa shape index (κ1) is 10.3. The Morgan fingerprint density at radius 1 is 1.39 bits per heavy atom. The van der Waals surface area contributed by atoms with E-state index in [1.165, 1.54) is 17.7 Å². The lowest BCUT2D eigenvalue weighted by molar-refractivity contribution is 0.445. The highest BCUT2D eigenvalue weighted by atomic mass is 15.2. The highest BCUT2D eigenvalue weighted by Crippen LogP contribution is 2.40. The van der Waals surface area contributed by atoms with Crippen LogP contribution >= 0.6 is 0 Å². The van der Waals surface area contributed by atoms with Crippen LogP contribution in [0.2, 0.25) is 0 Å². The number of hydrogen-bond acceptors (Lipinski definition) is 3. The lowest BCUT2D eigenvalue weighted by Gasteiger charge is -2.24. The van der Waals surface area contributed by atoms with Crippen molar-refractivity contribution in [1.82, 2.24) is 25.1 Å². The van der Waals surface area contributed by atoms with Crippen LogP contribution in [0.4, 0.5) is 0 Å². The number of rotatable bonds is 1. The summed E-state index contributed by atoms with van der Waals surface area (Å²) >= 11 is 0. The molecule has 1 saturated heterocycles. The van der Waals surface area contributed by atoms with Crippen molar-refractivity contribution in [2.45, 2.75) is 18.8 Å². The molecule has 5 nitrogen and oxygen atoms in total. The molecule has 5 heteroatoms. The van der Waals surface area contributed by atoms with Crippen LogP contribution in [0.1, 0.15) is 23.6 Å². The van der Waals surface area contributed by atoms with Crippen molar-refractivity contribution in [3.05, 3.63) is 23.7 Å². The summed E-state index contributed by atoms with van der Waals surface area (Å²) in [4.78, 5) is 4.42. The Labute approximate surface area is 106 Å². The second-order valence-electron chi connectivity index (χ2n) is 5.39. The fourth-order valence-electron chi connectivity index (χ4n) is 3.42. The second-order valence-corrected chi connectivity index (χ2v) is 5.39. The van der Waals surface area contributed by atoms with E-state index in [0.29, 0.717) is 5.92 Å². The van der Waals surface area contributed by atoms with Gasteiger partial charge >= 0.3 is 0 Å². The Kier molecular flexibility index (Phi) is 2.11. The van der Waals surface area contributed by atoms with Gasteiger partial charge in [0, 0.05) is 43.2 Å². The van der Waals surface area contributed by atoms with Crippen molar-refractivity contribution < 1.29 is 0 Å². The van der Waals surface area contributed by atoms with Crippen LogP contribution in [-0.2, 0) is 13.5 Å². The standard InChI is InChI=1S/C13H17N5/c1-18-5-4-15-13(18)12-9-3-2-8-6-14-7-10(8)11(9)16-17-12/h4-5,8,10,14H,2-3,6-7H2,1H3,(H,16,17)/t8-,10-/m1/s1. The van der Waals surface area contributed by atoms with E-state index in [4.69, 9.17) is 0 Å². The van der Waals surface area contributed by atoms with Gasteiger partial charge in [0.2, 0.25) is 0 Å². The Bertz CT molecular complexity index is 582. The van der Waals surface area contributed by atoms with Gasteiger partial charge in [-0.3, -0.25) is 5.10 Å². The van der Waals surface area contributed by atoms with Crippen molar-refractivity contribution in [2.75, 3.05) is 13.1 Å². The number of imidazole rings is 1. The minimum absolute atomic E-state index is 0.621. The zero-order valence-electron chi connectivity index (χ0n) is 10.5. The molecule has 2 N–H and O–H groups in total. The van der Waals surface area contributed by atoms with Gasteiger partial charge in [-0.2, -0.15) is 5.10 Å². The van der Waals surface area contributed by atoms with E-state index in [9.17, 15) is 0 Å². The van der Waals surface area contributed by atoms with Gasteiger partial charge in [0.1, 0.15) is 5.69 Å². The average Bonchev–Trinajstić information content (AvgIpc) is 3.04. The van der Waals surface area contributed by atoms with Crippen molar-refractivity contribution in [1.29, 1.82) is 0 Å². The maximum absolute atomic E-state index is 4.53. The van der Waals surface area contributed by atoms with Crippen molar-refractivity contribution in [3.63, 3.8) is 0 Å². The molecule has 3 heterocycles. The highest BCUT2D eigenvalue weighted by Gasteiger charge is 2.36. The molecule has 0 aromatic carbocycles. The highest BCUT2D eigenvalue weighted by molar-refractivity contribution is 5.58. The van der Waals surface area contributed by atoms with E-state index in [2.05, 4.69) is 20.5 Å². The van der Waals surface area contributed by atoms with Crippen LogP contribution in [0.25, 0.3) is 11.5 Å². The third-order valence-corrected chi connectivity index (χ3v) is 4.41. The smallest absolute Gasteiger partial charge is 0.160 e. The number of fused-ring (bicyclic) bond motifs is 3. The maximum Gasteiger partial charge on any atom is 0.160 e. The average molecular weight is 243 g/mol. The Morgan fingerprint density at radius 2 is 2.33 bits per heavy atom. The van der Waals surface area contributed by atoms with E-state index in [1.54, 1.807) is 0 Å². The largest absolute Gasteiger partial charge is 0.333 e. The van der Waals surface area contributed by atoms with E-state index in [0.717, 1.165) is 36.9 Å². The Morgan fingerprint density at radius 3 is 3.17 bits per heavy atom. The molecule has 2 atom stereocenters. The number of nitrogens with one attached hydrogen (secondary N) is 2. The zero-order valence-corrected chi connectivity index (χ0v) is 10.5. The fourth-order valence-corrected chi connectivity index (χ4v) is 3.42. The summed E-state index contributed by atoms with van der Waals surface area (Å²) in [5.74, 6) is 2.37. The third kappa shape index (κ3) is 1.31. The summed E-state index contributed by atoms with van der Waals surface area (Å²) < 4.78 is 2.04. The molecule has 4 rings (SSSR count). The van der Waals surface area contributed by atoms with E-state index >= 15 is 0 Å². The van der Waals surface area contributed by atoms with Crippen LogP contribution in [-0.4, -0.2) is 32.8 Å². The van der Waals surface area contributed by atoms with Gasteiger partial charge in [-0.1, -0.05) is 0 Å². The lowest BCUT2D eigenvalue weighted by atomic mass is 9.80. The molecule has 0 saturated carbocycles. The number of aromatic amines is 1. The van der Waals surface area contributed by atoms with Crippen molar-refractivity contribution in [2.24, 2.45) is 13.0 Å². The maximum atomic E-state index is 4.53. The first-order chi connectivity index (χ1) is 8.84. The summed E-state index contributed by atoms with van der Waals surface area (Å²) in [6.45, 7) is 2.24. The summed E-state index contributed by atoms with van der Waals surface area (Å²) in [6.07, 6.45) is 6.19. The molecule has 0 bridgehead atoms. The van der Waals surface area contributed by atoms with Gasteiger partial charge in [0.15, 0.2) is 5.82 Å². The van der Waals surface area contributed by atoms with Crippen LogP contribution < -0.4 is 5.32 Å². The normalized spacial score (nSPS) is 26.1. The molecular weight excluding hydrogens is 226 g/mol. The van der Waals surface area contributed by atoms with Gasteiger partial charge in [0.25, 0.3) is 0 Å². The predicted molar refractivity (Wildman–Crippen MR) is 68.2 cm³/mol. The predicted octanol–water partition coefficient (Wildman–Crippen LogP) is 1.06. The summed E-state index contributed by atoms with van der Waals surface area (Å²) in [5, 5.41) is 11.3. The van der Waals surface area contributed by atoms with Gasteiger partial charge in [-0.15, -0.1) is 0 Å². The first-order valence-corrected chi connectivity index (χ1v) is 6.60. The molecule has 0 amide bonds. The molecule has 0 unspecified atom stereocenters. The summed E-state index contributed by atoms with van der Waals surface area (Å²) in [6, 6.07) is 0. The van der Waals surface area contributed by atoms with Crippen LogP contribution in [0, 0.1) is 5.92 Å². The quantitative estimate of drug-likeness (QED) is 0.787. The Balaban J connectivity index is 1.82. The number of hydrogen-bond donors (Lipinski definition) is 2. The SMILES string of the molecule is Cn1ccnc1-c1n[nH]c2c1CC[C@@H]1CNC[C@@H]21. The zero-order chi connectivity index (χ0) is 12.1. The van der Waals surface area contributed by atoms with Gasteiger partial charge < -0.3 is 9.88 Å². The van der Waals surface area contributed by atoms with E-state index in [-0.39, 0.29) is 0 Å². The fraction of sp³-hybridized carbons (Fsp3) is 0.538. The van der Waals surface area contributed by atoms with Gasteiger partial charge in [-0.05, 0) is 25.3 Å². The van der Waals surface area contributed by atoms with Crippen LogP contribution in [0.15, 0.2) is 12.4 Å². The van der Waals surface area contributed by atoms with Gasteiger partial charge in [0.05, 0.1) is 0 Å². The molecule has 2 aliphatic rings. The molecule has 1 aliphatic heterocycles. The lowest BCUT2D eigenvalue weighted by Crippen LogP contribution is -2.19. The molecule has 18 heavy (non-hydrogen) atoms. The molecule has 2 aromatic rings. The molecular formula is C13H17N5. The topological polar surface area (TPSA) is 58.5 Å². The molecule has 94 valence electrons. The molecule has 0 radical (unpaired) electrons. The summed E-state index contributed by atoms with van der Waals surface area (Å²) in [7, 11) is 2.02. The summed E-state index contributed by atoms with van der Waals surface area (Å²) in [5.41, 5.74) is 3.77. The third-order valence-electron chi connectivity index (χ3n) is 4.41. The number of nitrogens with zero attached hydrogens (tertiary/aromatic N) is 3. The molecule has 1 aliphatic carbocycles. The number of H-pyrrole nitrogens is 1. The number of aryl methyl sites for hydroxylation is 1. The minimum Gasteiger partial charge on any atom is -0.333 e. The first-order valence-electron chi connectivity index (χ1n) is 6.60. The van der Waals surface area contributed by atoms with E-state index < -0.39 is 0 Å². The monoisotopic (exact) mass is 243 g/mol. The Hall–Kier alpha value is -1.62. The van der Waals surface area contributed by atoms with Gasteiger partial charge in [-0.25, -0.2) is 4.98 Å². The molecule has 1 fully saturated rings. The molecule has 0 spiro atoms. The van der Waals surface area contributed by atoms with Crippen LogP contribution in [0.3, 0.4) is 0 Å². The second kappa shape index (κ2) is 3.68. The van der Waals surface area contributed by atoms with Crippen molar-refractivity contribution >= 4 is 0 Å². The van der Waals surface area contributed by atoms with Crippen LogP contribution in [0.5, 0.6) is 0 Å². The van der Waals surface area contributed by atoms with Crippen molar-refractivity contribution in [3.8, 4) is 11.5 Å². The number of aromatic nitrogens is 4. The molecule has 2 aromatic heterocycles. The minimum atomic E-state index is 0.621. The van der Waals surface area contributed by atoms with E-state index in [1.807, 2.05) is 24.0 Å².